The van der Waals surface area contributed by atoms with Crippen molar-refractivity contribution in [1.29, 1.82) is 0 Å². The van der Waals surface area contributed by atoms with Crippen molar-refractivity contribution >= 4 is 11.9 Å². The predicted molar refractivity (Wildman–Crippen MR) is 155 cm³/mol. The Morgan fingerprint density at radius 3 is 1.75 bits per heavy atom. The molecule has 0 aliphatic rings. The molecule has 2 aromatic carbocycles. The van der Waals surface area contributed by atoms with Gasteiger partial charge in [-0.2, -0.15) is 0 Å². The molecule has 8 nitrogen and oxygen atoms in total. The number of esters is 2. The third kappa shape index (κ3) is 11.3. The molecule has 0 heterocycles. The van der Waals surface area contributed by atoms with E-state index in [2.05, 4.69) is 18.8 Å². The maximum atomic E-state index is 12.0. The van der Waals surface area contributed by atoms with E-state index in [4.69, 9.17) is 28.4 Å². The van der Waals surface area contributed by atoms with Crippen LogP contribution in [-0.2, 0) is 25.4 Å². The molecule has 0 saturated carbocycles. The van der Waals surface area contributed by atoms with Gasteiger partial charge >= 0.3 is 11.9 Å². The molecule has 0 spiro atoms. The Labute approximate surface area is 239 Å². The molecule has 8 heteroatoms. The minimum Gasteiger partial charge on any atom is -0.467 e. The van der Waals surface area contributed by atoms with Crippen molar-refractivity contribution in [2.45, 2.75) is 67.2 Å². The van der Waals surface area contributed by atoms with Crippen molar-refractivity contribution in [3.63, 3.8) is 0 Å². The van der Waals surface area contributed by atoms with Gasteiger partial charge in [-0.1, -0.05) is 38.2 Å². The molecule has 2 aromatic rings. The largest absolute Gasteiger partial charge is 0.467 e. The van der Waals surface area contributed by atoms with E-state index in [1.54, 1.807) is 27.0 Å². The van der Waals surface area contributed by atoms with Gasteiger partial charge in [-0.25, -0.2) is 9.59 Å². The SMILES string of the molecule is CCC#Cc1cc(C)c(C(=O)OCC)c(OCOC)c1.CCCCc1cc(C)c(C(=O)OCC)c(OCOC)c1. The monoisotopic (exact) mass is 556 g/mol. The first-order chi connectivity index (χ1) is 19.3. The zero-order valence-corrected chi connectivity index (χ0v) is 25.2. The molecule has 0 amide bonds. The molecule has 0 aliphatic carbocycles. The molecule has 0 bridgehead atoms. The van der Waals surface area contributed by atoms with Crippen LogP contribution in [0.2, 0.25) is 0 Å². The van der Waals surface area contributed by atoms with E-state index >= 15 is 0 Å². The summed E-state index contributed by atoms with van der Waals surface area (Å²) in [5.41, 5.74) is 4.54. The Balaban J connectivity index is 0.000000400. The second-order valence-electron chi connectivity index (χ2n) is 8.75. The highest BCUT2D eigenvalue weighted by Crippen LogP contribution is 2.27. The fourth-order valence-electron chi connectivity index (χ4n) is 3.77. The van der Waals surface area contributed by atoms with Crippen LogP contribution in [0.5, 0.6) is 11.5 Å². The second kappa shape index (κ2) is 19.5. The number of carbonyl (C=O) groups excluding carboxylic acids is 2. The van der Waals surface area contributed by atoms with E-state index in [1.165, 1.54) is 12.7 Å². The van der Waals surface area contributed by atoms with Gasteiger partial charge in [-0.3, -0.25) is 0 Å². The molecule has 0 unspecified atom stereocenters. The first-order valence-corrected chi connectivity index (χ1v) is 13.6. The number of hydrogen-bond acceptors (Lipinski definition) is 8. The summed E-state index contributed by atoms with van der Waals surface area (Å²) in [5, 5.41) is 0. The summed E-state index contributed by atoms with van der Waals surface area (Å²) in [7, 11) is 3.08. The molecule has 0 atom stereocenters. The Morgan fingerprint density at radius 2 is 1.27 bits per heavy atom. The summed E-state index contributed by atoms with van der Waals surface area (Å²) in [6.45, 7) is 12.3. The van der Waals surface area contributed by atoms with Crippen LogP contribution in [0.1, 0.15) is 89.9 Å². The van der Waals surface area contributed by atoms with Gasteiger partial charge in [0.05, 0.1) is 13.2 Å². The van der Waals surface area contributed by atoms with Crippen LogP contribution in [0.15, 0.2) is 24.3 Å². The highest BCUT2D eigenvalue weighted by molar-refractivity contribution is 5.95. The van der Waals surface area contributed by atoms with Gasteiger partial charge in [0.2, 0.25) is 0 Å². The van der Waals surface area contributed by atoms with E-state index in [0.717, 1.165) is 42.4 Å². The average Bonchev–Trinajstić information content (AvgIpc) is 2.92. The van der Waals surface area contributed by atoms with Gasteiger partial charge in [0, 0.05) is 26.2 Å². The van der Waals surface area contributed by atoms with Crippen LogP contribution in [0.4, 0.5) is 0 Å². The van der Waals surface area contributed by atoms with Crippen LogP contribution in [0.25, 0.3) is 0 Å². The zero-order chi connectivity index (χ0) is 29.9. The molecule has 0 radical (unpaired) electrons. The fraction of sp³-hybridized carbons (Fsp3) is 0.500. The maximum Gasteiger partial charge on any atom is 0.342 e. The number of carbonyl (C=O) groups is 2. The molecule has 0 aromatic heterocycles. The van der Waals surface area contributed by atoms with E-state index in [9.17, 15) is 9.59 Å². The summed E-state index contributed by atoms with van der Waals surface area (Å²) in [5.74, 6) is 6.25. The molecular formula is C32H44O8. The van der Waals surface area contributed by atoms with Crippen LogP contribution in [0.3, 0.4) is 0 Å². The number of rotatable bonds is 13. The van der Waals surface area contributed by atoms with Crippen molar-refractivity contribution in [2.24, 2.45) is 0 Å². The normalized spacial score (nSPS) is 10.0. The lowest BCUT2D eigenvalue weighted by Gasteiger charge is -2.14. The molecular weight excluding hydrogens is 512 g/mol. The number of unbranched alkanes of at least 4 members (excludes halogenated alkanes) is 1. The van der Waals surface area contributed by atoms with E-state index in [-0.39, 0.29) is 19.6 Å². The van der Waals surface area contributed by atoms with Gasteiger partial charge in [0.1, 0.15) is 22.6 Å². The maximum absolute atomic E-state index is 12.0. The summed E-state index contributed by atoms with van der Waals surface area (Å²) in [6, 6.07) is 7.53. The van der Waals surface area contributed by atoms with Gasteiger partial charge in [-0.15, -0.1) is 0 Å². The smallest absolute Gasteiger partial charge is 0.342 e. The van der Waals surface area contributed by atoms with Gasteiger partial charge in [-0.05, 0) is 75.4 Å². The molecule has 220 valence electrons. The third-order valence-electron chi connectivity index (χ3n) is 5.51. The first kappa shape index (κ1) is 34.5. The molecule has 0 N–H and O–H groups in total. The zero-order valence-electron chi connectivity index (χ0n) is 25.2. The second-order valence-corrected chi connectivity index (χ2v) is 8.75. The summed E-state index contributed by atoms with van der Waals surface area (Å²) < 4.78 is 31.0. The molecule has 40 heavy (non-hydrogen) atoms. The molecule has 0 fully saturated rings. The molecule has 2 rings (SSSR count). The van der Waals surface area contributed by atoms with Crippen molar-refractivity contribution in [3.05, 3.63) is 57.6 Å². The fourth-order valence-corrected chi connectivity index (χ4v) is 3.77. The lowest BCUT2D eigenvalue weighted by molar-refractivity contribution is 0.0427. The predicted octanol–water partition coefficient (Wildman–Crippen LogP) is 6.41. The minimum atomic E-state index is -0.397. The van der Waals surface area contributed by atoms with E-state index in [0.29, 0.717) is 35.8 Å². The van der Waals surface area contributed by atoms with Crippen LogP contribution in [0, 0.1) is 25.7 Å². The van der Waals surface area contributed by atoms with Gasteiger partial charge in [0.15, 0.2) is 13.6 Å². The number of ether oxygens (including phenoxy) is 6. The Kier molecular flexibility index (Phi) is 16.8. The Morgan fingerprint density at radius 1 is 0.750 bits per heavy atom. The van der Waals surface area contributed by atoms with Crippen molar-refractivity contribution in [2.75, 3.05) is 41.0 Å². The lowest BCUT2D eigenvalue weighted by atomic mass is 10.0. The third-order valence-corrected chi connectivity index (χ3v) is 5.51. The van der Waals surface area contributed by atoms with Gasteiger partial charge in [0.25, 0.3) is 0 Å². The van der Waals surface area contributed by atoms with Crippen molar-refractivity contribution in [3.8, 4) is 23.3 Å². The summed E-state index contributed by atoms with van der Waals surface area (Å²) >= 11 is 0. The van der Waals surface area contributed by atoms with E-state index < -0.39 is 5.97 Å². The van der Waals surface area contributed by atoms with Crippen LogP contribution < -0.4 is 9.47 Å². The Hall–Kier alpha value is -3.54. The highest BCUT2D eigenvalue weighted by atomic mass is 16.7. The average molecular weight is 557 g/mol. The van der Waals surface area contributed by atoms with Crippen molar-refractivity contribution in [1.82, 2.24) is 0 Å². The van der Waals surface area contributed by atoms with Gasteiger partial charge < -0.3 is 28.4 Å². The quantitative estimate of drug-likeness (QED) is 0.159. The molecule has 0 aliphatic heterocycles. The first-order valence-electron chi connectivity index (χ1n) is 13.6. The number of benzene rings is 2. The standard InChI is InChI=1S/C16H24O4.C16H20O4/c2*1-5-7-8-13-9-12(3)15(16(17)19-6-2)14(10-13)20-11-18-4/h9-10H,5-8,11H2,1-4H3;9-10H,5-6,11H2,1-4H3. The summed E-state index contributed by atoms with van der Waals surface area (Å²) in [4.78, 5) is 24.0. The highest BCUT2D eigenvalue weighted by Gasteiger charge is 2.19. The topological polar surface area (TPSA) is 89.5 Å². The minimum absolute atomic E-state index is 0.0660. The Bertz CT molecular complexity index is 1140. The van der Waals surface area contributed by atoms with Crippen LogP contribution >= 0.6 is 0 Å². The lowest BCUT2D eigenvalue weighted by Crippen LogP contribution is -2.11. The van der Waals surface area contributed by atoms with E-state index in [1.807, 2.05) is 39.0 Å². The number of hydrogen-bond donors (Lipinski definition) is 0. The number of aryl methyl sites for hydroxylation is 3. The number of methoxy groups -OCH3 is 2. The van der Waals surface area contributed by atoms with Crippen molar-refractivity contribution < 1.29 is 38.0 Å². The summed E-state index contributed by atoms with van der Waals surface area (Å²) in [6.07, 6.45) is 3.99. The molecule has 0 saturated heterocycles. The van der Waals surface area contributed by atoms with Crippen LogP contribution in [-0.4, -0.2) is 53.0 Å².